The third-order valence-electron chi connectivity index (χ3n) is 4.37. The van der Waals surface area contributed by atoms with Crippen molar-refractivity contribution < 1.29 is 4.79 Å². The number of carbonyl (C=O) groups excluding carboxylic acids is 1. The quantitative estimate of drug-likeness (QED) is 0.452. The van der Waals surface area contributed by atoms with E-state index in [1.807, 2.05) is 43.3 Å². The summed E-state index contributed by atoms with van der Waals surface area (Å²) in [6, 6.07) is 15.2. The standard InChI is InChI=1S/C23H26ClN3O/c1-4-12-27(13-5-2)21-10-7-18(8-11-21)14-19(16-25)23(28)26-22-15-20(24)9-6-17(22)3/h6-11,14-15H,4-5,12-13H2,1-3H3,(H,26,28). The molecule has 1 amide bonds. The summed E-state index contributed by atoms with van der Waals surface area (Å²) >= 11 is 5.99. The number of aryl methyl sites for hydroxylation is 1. The average molecular weight is 396 g/mol. The Labute approximate surface area is 172 Å². The second-order valence-corrected chi connectivity index (χ2v) is 7.10. The Morgan fingerprint density at radius 1 is 1.14 bits per heavy atom. The van der Waals surface area contributed by atoms with Crippen molar-refractivity contribution in [3.63, 3.8) is 0 Å². The van der Waals surface area contributed by atoms with Crippen LogP contribution in [0.25, 0.3) is 6.08 Å². The molecule has 4 nitrogen and oxygen atoms in total. The van der Waals surface area contributed by atoms with Gasteiger partial charge in [0.1, 0.15) is 11.6 Å². The van der Waals surface area contributed by atoms with E-state index in [1.54, 1.807) is 18.2 Å². The first-order valence-electron chi connectivity index (χ1n) is 9.52. The second kappa shape index (κ2) is 10.5. The van der Waals surface area contributed by atoms with E-state index in [-0.39, 0.29) is 5.57 Å². The number of nitrogens with one attached hydrogen (secondary N) is 1. The molecule has 0 saturated carbocycles. The van der Waals surface area contributed by atoms with Gasteiger partial charge in [0.05, 0.1) is 0 Å². The summed E-state index contributed by atoms with van der Waals surface area (Å²) in [6.07, 6.45) is 3.77. The summed E-state index contributed by atoms with van der Waals surface area (Å²) in [5.74, 6) is -0.449. The van der Waals surface area contributed by atoms with Crippen molar-refractivity contribution in [2.45, 2.75) is 33.6 Å². The average Bonchev–Trinajstić information content (AvgIpc) is 2.69. The molecule has 0 fully saturated rings. The molecule has 0 aliphatic rings. The maximum Gasteiger partial charge on any atom is 0.266 e. The number of benzene rings is 2. The molecule has 2 aromatic rings. The highest BCUT2D eigenvalue weighted by atomic mass is 35.5. The minimum absolute atomic E-state index is 0.0473. The van der Waals surface area contributed by atoms with E-state index in [1.165, 1.54) is 0 Å². The van der Waals surface area contributed by atoms with Crippen molar-refractivity contribution in [2.75, 3.05) is 23.3 Å². The molecule has 5 heteroatoms. The van der Waals surface area contributed by atoms with Crippen LogP contribution < -0.4 is 10.2 Å². The molecule has 0 aliphatic heterocycles. The molecule has 0 spiro atoms. The van der Waals surface area contributed by atoms with Crippen LogP contribution in [0.3, 0.4) is 0 Å². The molecule has 28 heavy (non-hydrogen) atoms. The Balaban J connectivity index is 2.18. The molecule has 0 bridgehead atoms. The van der Waals surface area contributed by atoms with Gasteiger partial charge < -0.3 is 10.2 Å². The number of nitrogens with zero attached hydrogens (tertiary/aromatic N) is 2. The normalized spacial score (nSPS) is 11.0. The topological polar surface area (TPSA) is 56.1 Å². The lowest BCUT2D eigenvalue weighted by atomic mass is 10.1. The van der Waals surface area contributed by atoms with Crippen molar-refractivity contribution in [3.05, 3.63) is 64.2 Å². The summed E-state index contributed by atoms with van der Waals surface area (Å²) in [6.45, 7) is 8.22. The van der Waals surface area contributed by atoms with Gasteiger partial charge in [-0.1, -0.05) is 43.6 Å². The number of hydrogen-bond acceptors (Lipinski definition) is 3. The zero-order chi connectivity index (χ0) is 20.5. The van der Waals surface area contributed by atoms with Gasteiger partial charge in [0.2, 0.25) is 0 Å². The van der Waals surface area contributed by atoms with Gasteiger partial charge in [-0.3, -0.25) is 4.79 Å². The predicted molar refractivity (Wildman–Crippen MR) is 118 cm³/mol. The Morgan fingerprint density at radius 3 is 2.36 bits per heavy atom. The van der Waals surface area contributed by atoms with Gasteiger partial charge in [0.25, 0.3) is 5.91 Å². The lowest BCUT2D eigenvalue weighted by molar-refractivity contribution is -0.112. The molecule has 146 valence electrons. The van der Waals surface area contributed by atoms with Gasteiger partial charge in [-0.25, -0.2) is 0 Å². The van der Waals surface area contributed by atoms with Crippen molar-refractivity contribution in [1.82, 2.24) is 0 Å². The zero-order valence-corrected chi connectivity index (χ0v) is 17.4. The summed E-state index contributed by atoms with van der Waals surface area (Å²) in [5.41, 5.74) is 3.49. The molecule has 1 N–H and O–H groups in total. The van der Waals surface area contributed by atoms with Gasteiger partial charge in [-0.15, -0.1) is 0 Å². The van der Waals surface area contributed by atoms with Crippen LogP contribution in [0.1, 0.15) is 37.8 Å². The lowest BCUT2D eigenvalue weighted by Gasteiger charge is -2.23. The Morgan fingerprint density at radius 2 is 1.79 bits per heavy atom. The van der Waals surface area contributed by atoms with E-state index in [4.69, 9.17) is 11.6 Å². The van der Waals surface area contributed by atoms with Crippen LogP contribution in [0, 0.1) is 18.3 Å². The predicted octanol–water partition coefficient (Wildman–Crippen LogP) is 5.82. The Bertz CT molecular complexity index is 876. The molecule has 0 saturated heterocycles. The van der Waals surface area contributed by atoms with Crippen LogP contribution in [-0.2, 0) is 4.79 Å². The van der Waals surface area contributed by atoms with Crippen LogP contribution in [0.2, 0.25) is 5.02 Å². The van der Waals surface area contributed by atoms with Gasteiger partial charge in [-0.2, -0.15) is 5.26 Å². The number of carbonyl (C=O) groups is 1. The van der Waals surface area contributed by atoms with E-state index in [0.717, 1.165) is 42.7 Å². The summed E-state index contributed by atoms with van der Waals surface area (Å²) < 4.78 is 0. The first-order valence-corrected chi connectivity index (χ1v) is 9.90. The zero-order valence-electron chi connectivity index (χ0n) is 16.6. The number of hydrogen-bond donors (Lipinski definition) is 1. The van der Waals surface area contributed by atoms with Gasteiger partial charge in [0.15, 0.2) is 0 Å². The number of rotatable bonds is 8. The maximum atomic E-state index is 12.5. The van der Waals surface area contributed by atoms with Crippen LogP contribution in [-0.4, -0.2) is 19.0 Å². The van der Waals surface area contributed by atoms with E-state index >= 15 is 0 Å². The summed E-state index contributed by atoms with van der Waals surface area (Å²) in [5, 5.41) is 12.7. The molecular formula is C23H26ClN3O. The molecule has 2 rings (SSSR count). The van der Waals surface area contributed by atoms with Gasteiger partial charge in [-0.05, 0) is 61.2 Å². The highest BCUT2D eigenvalue weighted by Gasteiger charge is 2.12. The van der Waals surface area contributed by atoms with Crippen LogP contribution in [0.15, 0.2) is 48.0 Å². The van der Waals surface area contributed by atoms with E-state index in [2.05, 4.69) is 24.1 Å². The fourth-order valence-corrected chi connectivity index (χ4v) is 3.10. The van der Waals surface area contributed by atoms with E-state index in [9.17, 15) is 10.1 Å². The van der Waals surface area contributed by atoms with Crippen molar-refractivity contribution in [3.8, 4) is 6.07 Å². The largest absolute Gasteiger partial charge is 0.372 e. The fourth-order valence-electron chi connectivity index (χ4n) is 2.93. The fraction of sp³-hybridized carbons (Fsp3) is 0.304. The van der Waals surface area contributed by atoms with Crippen LogP contribution in [0.4, 0.5) is 11.4 Å². The third kappa shape index (κ3) is 5.87. The van der Waals surface area contributed by atoms with Crippen molar-refractivity contribution in [1.29, 1.82) is 5.26 Å². The van der Waals surface area contributed by atoms with Crippen molar-refractivity contribution in [2.24, 2.45) is 0 Å². The number of halogens is 1. The first kappa shape index (κ1) is 21.5. The molecular weight excluding hydrogens is 370 g/mol. The first-order chi connectivity index (χ1) is 13.5. The van der Waals surface area contributed by atoms with E-state index < -0.39 is 5.91 Å². The van der Waals surface area contributed by atoms with Crippen molar-refractivity contribution >= 4 is 35.0 Å². The number of anilines is 2. The summed E-state index contributed by atoms with van der Waals surface area (Å²) in [7, 11) is 0. The molecule has 0 unspecified atom stereocenters. The van der Waals surface area contributed by atoms with E-state index in [0.29, 0.717) is 10.7 Å². The Hall–Kier alpha value is -2.77. The smallest absolute Gasteiger partial charge is 0.266 e. The highest BCUT2D eigenvalue weighted by Crippen LogP contribution is 2.22. The molecule has 0 atom stereocenters. The molecule has 0 aromatic heterocycles. The minimum Gasteiger partial charge on any atom is -0.372 e. The second-order valence-electron chi connectivity index (χ2n) is 6.66. The minimum atomic E-state index is -0.449. The molecule has 0 aliphatic carbocycles. The molecule has 0 radical (unpaired) electrons. The third-order valence-corrected chi connectivity index (χ3v) is 4.60. The molecule has 0 heterocycles. The monoisotopic (exact) mass is 395 g/mol. The maximum absolute atomic E-state index is 12.5. The highest BCUT2D eigenvalue weighted by molar-refractivity contribution is 6.31. The Kier molecular flexibility index (Phi) is 8.10. The molecule has 2 aromatic carbocycles. The van der Waals surface area contributed by atoms with Gasteiger partial charge >= 0.3 is 0 Å². The summed E-state index contributed by atoms with van der Waals surface area (Å²) in [4.78, 5) is 14.8. The SMILES string of the molecule is CCCN(CCC)c1ccc(C=C(C#N)C(=O)Nc2cc(Cl)ccc2C)cc1. The number of amides is 1. The number of nitriles is 1. The van der Waals surface area contributed by atoms with Crippen LogP contribution >= 0.6 is 11.6 Å². The van der Waals surface area contributed by atoms with Gasteiger partial charge in [0, 0.05) is 29.5 Å². The lowest BCUT2D eigenvalue weighted by Crippen LogP contribution is -2.24. The van der Waals surface area contributed by atoms with Crippen LogP contribution in [0.5, 0.6) is 0 Å².